The molecule has 2 aromatic rings. The Bertz CT molecular complexity index is 922. The van der Waals surface area contributed by atoms with Gasteiger partial charge in [0.2, 0.25) is 15.9 Å². The predicted octanol–water partition coefficient (Wildman–Crippen LogP) is 1.85. The molecule has 128 valence electrons. The smallest absolute Gasteiger partial charge is 0.243 e. The quantitative estimate of drug-likeness (QED) is 0.814. The first-order valence-corrected chi connectivity index (χ1v) is 10.3. The molecule has 0 unspecified atom stereocenters. The molecule has 0 aliphatic carbocycles. The fourth-order valence-corrected chi connectivity index (χ4v) is 6.13. The van der Waals surface area contributed by atoms with E-state index in [2.05, 4.69) is 4.98 Å². The first-order chi connectivity index (χ1) is 11.4. The highest BCUT2D eigenvalue weighted by Gasteiger charge is 2.42. The van der Waals surface area contributed by atoms with E-state index >= 15 is 0 Å². The van der Waals surface area contributed by atoms with Crippen LogP contribution in [0.2, 0.25) is 0 Å². The Morgan fingerprint density at radius 2 is 2.04 bits per heavy atom. The van der Waals surface area contributed by atoms with Crippen LogP contribution >= 0.6 is 11.3 Å². The largest absolute Gasteiger partial charge is 0.341 e. The molecule has 1 aromatic heterocycles. The summed E-state index contributed by atoms with van der Waals surface area (Å²) in [7, 11) is -1.83. The predicted molar refractivity (Wildman–Crippen MR) is 92.4 cm³/mol. The number of aromatic nitrogens is 1. The van der Waals surface area contributed by atoms with Crippen LogP contribution in [0.15, 0.2) is 23.1 Å². The molecule has 1 aromatic carbocycles. The van der Waals surface area contributed by atoms with E-state index in [-0.39, 0.29) is 29.3 Å². The van der Waals surface area contributed by atoms with Crippen molar-refractivity contribution in [2.24, 2.45) is 5.92 Å². The minimum absolute atomic E-state index is 0.0274. The molecule has 0 N–H and O–H groups in total. The van der Waals surface area contributed by atoms with Gasteiger partial charge in [-0.3, -0.25) is 4.79 Å². The minimum atomic E-state index is -3.61. The third-order valence-electron chi connectivity index (χ3n) is 5.04. The Kier molecular flexibility index (Phi) is 3.67. The molecule has 5 rings (SSSR count). The number of thiazole rings is 1. The number of hydrogen-bond acceptors (Lipinski definition) is 5. The minimum Gasteiger partial charge on any atom is -0.341 e. The van der Waals surface area contributed by atoms with Crippen molar-refractivity contribution in [3.63, 3.8) is 0 Å². The molecule has 2 bridgehead atoms. The molecule has 6 nitrogen and oxygen atoms in total. The van der Waals surface area contributed by atoms with E-state index in [1.165, 1.54) is 15.6 Å². The van der Waals surface area contributed by atoms with E-state index in [0.717, 1.165) is 28.1 Å². The number of nitrogens with zero attached hydrogens (tertiary/aromatic N) is 3. The summed E-state index contributed by atoms with van der Waals surface area (Å²) >= 11 is 1.49. The summed E-state index contributed by atoms with van der Waals surface area (Å²) in [6.45, 7) is 2.56. The van der Waals surface area contributed by atoms with Gasteiger partial charge in [0.25, 0.3) is 0 Å². The lowest BCUT2D eigenvalue weighted by atomic mass is 9.95. The molecule has 3 fully saturated rings. The highest BCUT2D eigenvalue weighted by atomic mass is 32.2. The van der Waals surface area contributed by atoms with Crippen molar-refractivity contribution in [1.82, 2.24) is 14.2 Å². The Hall–Kier alpha value is -1.51. The maximum atomic E-state index is 13.1. The second-order valence-corrected chi connectivity index (χ2v) is 9.73. The van der Waals surface area contributed by atoms with Gasteiger partial charge in [-0.25, -0.2) is 13.4 Å². The maximum absolute atomic E-state index is 13.1. The Morgan fingerprint density at radius 3 is 2.83 bits per heavy atom. The average molecular weight is 365 g/mol. The molecule has 0 radical (unpaired) electrons. The number of fused-ring (bicyclic) bond motifs is 5. The van der Waals surface area contributed by atoms with Crippen LogP contribution in [0.3, 0.4) is 0 Å². The summed E-state index contributed by atoms with van der Waals surface area (Å²) in [4.78, 5) is 18.7. The van der Waals surface area contributed by atoms with Crippen LogP contribution in [0, 0.1) is 12.8 Å². The molecule has 1 amide bonds. The van der Waals surface area contributed by atoms with Gasteiger partial charge in [-0.05, 0) is 38.0 Å². The number of likely N-dealkylation sites (N-methyl/N-ethyl adjacent to an activating group) is 1. The second-order valence-electron chi connectivity index (χ2n) is 6.56. The van der Waals surface area contributed by atoms with E-state index in [1.54, 1.807) is 30.1 Å². The van der Waals surface area contributed by atoms with Crippen molar-refractivity contribution in [2.75, 3.05) is 20.1 Å². The summed E-state index contributed by atoms with van der Waals surface area (Å²) in [5.74, 6) is -0.157. The first kappa shape index (κ1) is 16.0. The molecule has 0 saturated carbocycles. The number of carbonyl (C=O) groups excluding carboxylic acids is 1. The van der Waals surface area contributed by atoms with Gasteiger partial charge < -0.3 is 4.90 Å². The molecule has 24 heavy (non-hydrogen) atoms. The number of sulfonamides is 1. The van der Waals surface area contributed by atoms with Gasteiger partial charge in [-0.15, -0.1) is 11.3 Å². The van der Waals surface area contributed by atoms with Gasteiger partial charge >= 0.3 is 0 Å². The van der Waals surface area contributed by atoms with Crippen molar-refractivity contribution >= 4 is 37.5 Å². The molecule has 3 aliphatic heterocycles. The van der Waals surface area contributed by atoms with Crippen LogP contribution in [0.1, 0.15) is 17.8 Å². The summed E-state index contributed by atoms with van der Waals surface area (Å²) in [6, 6.07) is 5.05. The Labute approximate surface area is 145 Å². The summed E-state index contributed by atoms with van der Waals surface area (Å²) in [5.41, 5.74) is 0.822. The number of piperidine rings is 1. The average Bonchev–Trinajstić information content (AvgIpc) is 2.71. The van der Waals surface area contributed by atoms with Crippen LogP contribution in [-0.4, -0.2) is 54.7 Å². The number of carbonyl (C=O) groups is 1. The first-order valence-electron chi connectivity index (χ1n) is 8.00. The topological polar surface area (TPSA) is 70.6 Å². The van der Waals surface area contributed by atoms with Crippen molar-refractivity contribution in [1.29, 1.82) is 0 Å². The van der Waals surface area contributed by atoms with E-state index in [4.69, 9.17) is 0 Å². The molecule has 3 saturated heterocycles. The summed E-state index contributed by atoms with van der Waals surface area (Å²) in [5, 5.41) is 0.916. The SMILES string of the molecule is Cc1nc2ccc(S(=O)(=O)N3C[C@@H]4CC[C@H](C3)N(C)C4=O)cc2s1. The third kappa shape index (κ3) is 2.44. The zero-order chi connectivity index (χ0) is 17.1. The fraction of sp³-hybridized carbons (Fsp3) is 0.500. The summed E-state index contributed by atoms with van der Waals surface area (Å²) < 4.78 is 28.6. The second kappa shape index (κ2) is 5.50. The van der Waals surface area contributed by atoms with E-state index in [1.807, 2.05) is 6.92 Å². The van der Waals surface area contributed by atoms with Gasteiger partial charge in [-0.2, -0.15) is 4.31 Å². The van der Waals surface area contributed by atoms with E-state index < -0.39 is 10.0 Å². The van der Waals surface area contributed by atoms with Gasteiger partial charge in [-0.1, -0.05) is 0 Å². The van der Waals surface area contributed by atoms with Crippen LogP contribution in [0.25, 0.3) is 10.2 Å². The van der Waals surface area contributed by atoms with Gasteiger partial charge in [0.05, 0.1) is 26.0 Å². The zero-order valence-corrected chi connectivity index (χ0v) is 15.2. The number of amides is 1. The lowest BCUT2D eigenvalue weighted by Crippen LogP contribution is -2.45. The van der Waals surface area contributed by atoms with Crippen LogP contribution < -0.4 is 0 Å². The monoisotopic (exact) mass is 365 g/mol. The molecular weight excluding hydrogens is 346 g/mol. The molecule has 8 heteroatoms. The number of aryl methyl sites for hydroxylation is 1. The van der Waals surface area contributed by atoms with Crippen molar-refractivity contribution in [2.45, 2.75) is 30.7 Å². The third-order valence-corrected chi connectivity index (χ3v) is 7.80. The van der Waals surface area contributed by atoms with E-state index in [9.17, 15) is 13.2 Å². The van der Waals surface area contributed by atoms with Crippen LogP contribution in [0.4, 0.5) is 0 Å². The molecule has 4 heterocycles. The maximum Gasteiger partial charge on any atom is 0.243 e. The number of hydrogen-bond donors (Lipinski definition) is 0. The highest BCUT2D eigenvalue weighted by Crippen LogP contribution is 2.32. The normalized spacial score (nSPS) is 25.4. The van der Waals surface area contributed by atoms with E-state index in [0.29, 0.717) is 6.54 Å². The Balaban J connectivity index is 1.72. The van der Waals surface area contributed by atoms with Crippen molar-refractivity contribution in [3.05, 3.63) is 23.2 Å². The number of benzene rings is 1. The Morgan fingerprint density at radius 1 is 1.25 bits per heavy atom. The molecule has 3 aliphatic rings. The molecule has 2 atom stereocenters. The van der Waals surface area contributed by atoms with Gasteiger partial charge in [0, 0.05) is 26.2 Å². The lowest BCUT2D eigenvalue weighted by molar-refractivity contribution is -0.138. The molecular formula is C16H19N3O3S2. The van der Waals surface area contributed by atoms with Gasteiger partial charge in [0.1, 0.15) is 0 Å². The van der Waals surface area contributed by atoms with Crippen LogP contribution in [0.5, 0.6) is 0 Å². The van der Waals surface area contributed by atoms with Crippen LogP contribution in [-0.2, 0) is 14.8 Å². The fourth-order valence-electron chi connectivity index (χ4n) is 3.64. The number of rotatable bonds is 2. The highest BCUT2D eigenvalue weighted by molar-refractivity contribution is 7.89. The standard InChI is InChI=1S/C16H19N3O3S2/c1-10-17-14-6-5-13(7-15(14)23-10)24(21,22)19-8-11-3-4-12(9-19)18(2)16(11)20/h5-7,11-12H,3-4,8-9H2,1-2H3/t11-,12+/m0/s1. The lowest BCUT2D eigenvalue weighted by Gasteiger charge is -2.32. The molecule has 0 spiro atoms. The summed E-state index contributed by atoms with van der Waals surface area (Å²) in [6.07, 6.45) is 1.64. The van der Waals surface area contributed by atoms with Crippen molar-refractivity contribution < 1.29 is 13.2 Å². The van der Waals surface area contributed by atoms with Crippen molar-refractivity contribution in [3.8, 4) is 0 Å². The zero-order valence-electron chi connectivity index (χ0n) is 13.6. The van der Waals surface area contributed by atoms with Gasteiger partial charge in [0.15, 0.2) is 0 Å².